The van der Waals surface area contributed by atoms with Crippen LogP contribution in [0.2, 0.25) is 0 Å². The lowest BCUT2D eigenvalue weighted by Crippen LogP contribution is -2.29. The molecule has 0 radical (unpaired) electrons. The van der Waals surface area contributed by atoms with Crippen LogP contribution in [0.3, 0.4) is 0 Å². The zero-order chi connectivity index (χ0) is 14.2. The molecule has 0 spiro atoms. The van der Waals surface area contributed by atoms with Crippen molar-refractivity contribution in [1.29, 1.82) is 0 Å². The van der Waals surface area contributed by atoms with Gasteiger partial charge in [0, 0.05) is 0 Å². The lowest BCUT2D eigenvalue weighted by Gasteiger charge is -2.13. The van der Waals surface area contributed by atoms with Gasteiger partial charge in [0.25, 0.3) is 5.69 Å². The van der Waals surface area contributed by atoms with E-state index in [0.29, 0.717) is 5.69 Å². The summed E-state index contributed by atoms with van der Waals surface area (Å²) in [6, 6.07) is 3.23. The first kappa shape index (κ1) is 13.1. The van der Waals surface area contributed by atoms with Crippen LogP contribution < -0.4 is 5.73 Å². The predicted molar refractivity (Wildman–Crippen MR) is 65.2 cm³/mol. The Morgan fingerprint density at radius 1 is 1.47 bits per heavy atom. The molecule has 0 fully saturated rings. The first-order chi connectivity index (χ1) is 8.79. The molecular formula is C11H12FN5O2. The highest BCUT2D eigenvalue weighted by atomic mass is 19.1. The van der Waals surface area contributed by atoms with Crippen LogP contribution in [0.25, 0.3) is 5.69 Å². The second kappa shape index (κ2) is 4.39. The van der Waals surface area contributed by atoms with E-state index in [9.17, 15) is 14.5 Å². The Morgan fingerprint density at radius 3 is 2.68 bits per heavy atom. The second-order valence-corrected chi connectivity index (χ2v) is 4.66. The molecule has 7 nitrogen and oxygen atoms in total. The molecule has 0 atom stereocenters. The Labute approximate surface area is 108 Å². The molecule has 0 unspecified atom stereocenters. The third-order valence-electron chi connectivity index (χ3n) is 2.53. The van der Waals surface area contributed by atoms with Crippen molar-refractivity contribution in [3.8, 4) is 5.69 Å². The smallest absolute Gasteiger partial charge is 0.297 e. The minimum absolute atomic E-state index is 0.134. The number of nitro benzene ring substituents is 1. The van der Waals surface area contributed by atoms with Gasteiger partial charge in [0.05, 0.1) is 22.7 Å². The van der Waals surface area contributed by atoms with Crippen molar-refractivity contribution < 1.29 is 9.31 Å². The first-order valence-corrected chi connectivity index (χ1v) is 5.45. The monoisotopic (exact) mass is 265 g/mol. The fraction of sp³-hybridized carbons (Fsp3) is 0.273. The number of benzene rings is 1. The van der Waals surface area contributed by atoms with Gasteiger partial charge < -0.3 is 5.73 Å². The maximum atomic E-state index is 13.0. The van der Waals surface area contributed by atoms with Crippen molar-refractivity contribution in [2.45, 2.75) is 19.4 Å². The molecule has 1 aromatic heterocycles. The number of nitrogens with two attached hydrogens (primary N) is 1. The fourth-order valence-corrected chi connectivity index (χ4v) is 1.51. The molecule has 0 saturated carbocycles. The topological polar surface area (TPSA) is 99.9 Å². The van der Waals surface area contributed by atoms with Gasteiger partial charge in [-0.05, 0) is 26.0 Å². The zero-order valence-corrected chi connectivity index (χ0v) is 10.4. The van der Waals surface area contributed by atoms with E-state index >= 15 is 0 Å². The average molecular weight is 265 g/mol. The zero-order valence-electron chi connectivity index (χ0n) is 10.4. The normalized spacial score (nSPS) is 11.6. The standard InChI is InChI=1S/C11H12FN5O2/c1-11(2,13)10-6-16(15-14-10)8-4-3-7(12)5-9(8)17(18)19/h3-6H,13H2,1-2H3. The van der Waals surface area contributed by atoms with Crippen LogP contribution in [0.1, 0.15) is 19.5 Å². The molecular weight excluding hydrogens is 253 g/mol. The summed E-state index contributed by atoms with van der Waals surface area (Å²) in [7, 11) is 0. The van der Waals surface area contributed by atoms with E-state index in [-0.39, 0.29) is 11.4 Å². The summed E-state index contributed by atoms with van der Waals surface area (Å²) in [5.41, 5.74) is 5.37. The maximum absolute atomic E-state index is 13.0. The molecule has 0 amide bonds. The summed E-state index contributed by atoms with van der Waals surface area (Å²) in [4.78, 5) is 10.2. The lowest BCUT2D eigenvalue weighted by molar-refractivity contribution is -0.384. The fourth-order valence-electron chi connectivity index (χ4n) is 1.51. The van der Waals surface area contributed by atoms with E-state index in [0.717, 1.165) is 12.1 Å². The quantitative estimate of drug-likeness (QED) is 0.669. The Hall–Kier alpha value is -2.35. The Kier molecular flexibility index (Phi) is 3.03. The van der Waals surface area contributed by atoms with Gasteiger partial charge in [0.1, 0.15) is 17.2 Å². The van der Waals surface area contributed by atoms with E-state index in [2.05, 4.69) is 10.3 Å². The van der Waals surface area contributed by atoms with E-state index < -0.39 is 16.3 Å². The summed E-state index contributed by atoms with van der Waals surface area (Å²) < 4.78 is 14.3. The number of nitrogens with zero attached hydrogens (tertiary/aromatic N) is 4. The summed E-state index contributed by atoms with van der Waals surface area (Å²) in [5.74, 6) is -0.685. The molecule has 0 aliphatic rings. The average Bonchev–Trinajstić information content (AvgIpc) is 2.77. The van der Waals surface area contributed by atoms with Crippen molar-refractivity contribution in [3.05, 3.63) is 46.0 Å². The van der Waals surface area contributed by atoms with Gasteiger partial charge in [0.2, 0.25) is 0 Å². The third-order valence-corrected chi connectivity index (χ3v) is 2.53. The molecule has 0 saturated heterocycles. The molecule has 2 rings (SSSR count). The molecule has 2 aromatic rings. The van der Waals surface area contributed by atoms with E-state index in [1.54, 1.807) is 13.8 Å². The highest BCUT2D eigenvalue weighted by Crippen LogP contribution is 2.24. The van der Waals surface area contributed by atoms with Crippen molar-refractivity contribution in [1.82, 2.24) is 15.0 Å². The molecule has 100 valence electrons. The van der Waals surface area contributed by atoms with Crippen molar-refractivity contribution in [2.75, 3.05) is 0 Å². The van der Waals surface area contributed by atoms with Crippen LogP contribution in [0.15, 0.2) is 24.4 Å². The van der Waals surface area contributed by atoms with Gasteiger partial charge >= 0.3 is 0 Å². The number of rotatable bonds is 3. The van der Waals surface area contributed by atoms with Gasteiger partial charge in [-0.2, -0.15) is 0 Å². The first-order valence-electron chi connectivity index (χ1n) is 5.45. The number of aromatic nitrogens is 3. The van der Waals surface area contributed by atoms with Gasteiger partial charge in [-0.3, -0.25) is 10.1 Å². The summed E-state index contributed by atoms with van der Waals surface area (Å²) in [5, 5.41) is 18.5. The maximum Gasteiger partial charge on any atom is 0.297 e. The SMILES string of the molecule is CC(C)(N)c1cn(-c2ccc(F)cc2[N+](=O)[O-])nn1. The van der Waals surface area contributed by atoms with Gasteiger partial charge in [-0.1, -0.05) is 5.21 Å². The van der Waals surface area contributed by atoms with Crippen LogP contribution in [0.4, 0.5) is 10.1 Å². The van der Waals surface area contributed by atoms with Crippen molar-refractivity contribution in [3.63, 3.8) is 0 Å². The molecule has 8 heteroatoms. The summed E-state index contributed by atoms with van der Waals surface area (Å²) >= 11 is 0. The minimum atomic E-state index is -0.715. The Morgan fingerprint density at radius 2 is 2.16 bits per heavy atom. The van der Waals surface area contributed by atoms with Gasteiger partial charge in [0.15, 0.2) is 0 Å². The van der Waals surface area contributed by atoms with Gasteiger partial charge in [-0.25, -0.2) is 9.07 Å². The molecule has 19 heavy (non-hydrogen) atoms. The van der Waals surface area contributed by atoms with E-state index in [1.165, 1.54) is 16.9 Å². The van der Waals surface area contributed by atoms with E-state index in [4.69, 9.17) is 5.73 Å². The van der Waals surface area contributed by atoms with Crippen LogP contribution in [0, 0.1) is 15.9 Å². The summed E-state index contributed by atoms with van der Waals surface area (Å²) in [6.07, 6.45) is 1.49. The number of halogens is 1. The Balaban J connectivity index is 2.53. The number of nitro groups is 1. The van der Waals surface area contributed by atoms with Crippen LogP contribution >= 0.6 is 0 Å². The number of hydrogen-bond donors (Lipinski definition) is 1. The number of hydrogen-bond acceptors (Lipinski definition) is 5. The second-order valence-electron chi connectivity index (χ2n) is 4.66. The minimum Gasteiger partial charge on any atom is -0.320 e. The lowest BCUT2D eigenvalue weighted by atomic mass is 10.0. The molecule has 0 aliphatic carbocycles. The highest BCUT2D eigenvalue weighted by Gasteiger charge is 2.22. The molecule has 0 bridgehead atoms. The highest BCUT2D eigenvalue weighted by molar-refractivity contribution is 5.51. The van der Waals surface area contributed by atoms with Crippen LogP contribution in [-0.2, 0) is 5.54 Å². The molecule has 2 N–H and O–H groups in total. The summed E-state index contributed by atoms with van der Waals surface area (Å²) in [6.45, 7) is 3.47. The largest absolute Gasteiger partial charge is 0.320 e. The Bertz CT molecular complexity index is 632. The van der Waals surface area contributed by atoms with E-state index in [1.807, 2.05) is 0 Å². The predicted octanol–water partition coefficient (Wildman–Crippen LogP) is 1.51. The van der Waals surface area contributed by atoms with Crippen LogP contribution in [0.5, 0.6) is 0 Å². The van der Waals surface area contributed by atoms with Crippen molar-refractivity contribution >= 4 is 5.69 Å². The van der Waals surface area contributed by atoms with Crippen molar-refractivity contribution in [2.24, 2.45) is 5.73 Å². The third kappa shape index (κ3) is 2.58. The molecule has 1 heterocycles. The van der Waals surface area contributed by atoms with Gasteiger partial charge in [-0.15, -0.1) is 5.10 Å². The molecule has 0 aliphatic heterocycles. The molecule has 1 aromatic carbocycles. The van der Waals surface area contributed by atoms with Crippen LogP contribution in [-0.4, -0.2) is 19.9 Å².